The van der Waals surface area contributed by atoms with Crippen LogP contribution in [0.3, 0.4) is 0 Å². The Balaban J connectivity index is 0.000000177. The Kier molecular flexibility index (Phi) is 10.4. The molecule has 58 heavy (non-hydrogen) atoms. The number of imidazole rings is 2. The molecule has 6 N–H and O–H groups in total. The summed E-state index contributed by atoms with van der Waals surface area (Å²) in [5, 5.41) is 24.8. The van der Waals surface area contributed by atoms with Gasteiger partial charge in [0.2, 0.25) is 11.9 Å². The molecule has 6 heterocycles. The standard InChI is InChI=1S/2C19H14F2N8/c2*1-10(26-18-12(8-22)17(23)24-9-25-18)19-27-13-6-5-11(20)7-14(13)29(19)16-4-2-3-15(21)28-16/h2*2-7,9-10H,1H3,(H3,23,24,25,26)/t2*10-/m10/s1. The number of aromatic nitrogens is 10. The molecule has 0 aliphatic heterocycles. The van der Waals surface area contributed by atoms with Gasteiger partial charge in [-0.1, -0.05) is 12.1 Å². The summed E-state index contributed by atoms with van der Waals surface area (Å²) in [6, 6.07) is 19.7. The Labute approximate surface area is 325 Å². The van der Waals surface area contributed by atoms with Gasteiger partial charge in [0.05, 0.1) is 34.2 Å². The van der Waals surface area contributed by atoms with E-state index in [4.69, 9.17) is 11.5 Å². The predicted octanol–water partition coefficient (Wildman–Crippen LogP) is 6.23. The van der Waals surface area contributed by atoms with E-state index in [0.717, 1.165) is 0 Å². The van der Waals surface area contributed by atoms with Crippen molar-refractivity contribution >= 4 is 45.3 Å². The first kappa shape index (κ1) is 38.0. The smallest absolute Gasteiger partial charge is 0.214 e. The molecule has 8 aromatic rings. The van der Waals surface area contributed by atoms with Crippen molar-refractivity contribution in [2.24, 2.45) is 0 Å². The third-order valence-electron chi connectivity index (χ3n) is 8.60. The number of nitrogen functional groups attached to an aromatic ring is 2. The molecular formula is C38H28F4N16. The van der Waals surface area contributed by atoms with Gasteiger partial charge in [0.1, 0.15) is 94.1 Å². The minimum absolute atomic E-state index is 0.0413. The molecule has 8 rings (SSSR count). The summed E-state index contributed by atoms with van der Waals surface area (Å²) in [5.74, 6) is -0.419. The minimum Gasteiger partial charge on any atom is -0.382 e. The van der Waals surface area contributed by atoms with Gasteiger partial charge in [0, 0.05) is 12.1 Å². The number of pyridine rings is 2. The maximum Gasteiger partial charge on any atom is 0.214 e. The number of nitrogens with two attached hydrogens (primary N) is 2. The Morgan fingerprint density at radius 3 is 1.38 bits per heavy atom. The van der Waals surface area contributed by atoms with Crippen LogP contribution in [0.15, 0.2) is 85.5 Å². The van der Waals surface area contributed by atoms with E-state index >= 15 is 0 Å². The molecule has 20 heteroatoms. The number of nitriles is 2. The first-order valence-corrected chi connectivity index (χ1v) is 17.1. The Hall–Kier alpha value is -8.26. The largest absolute Gasteiger partial charge is 0.382 e. The fourth-order valence-corrected chi connectivity index (χ4v) is 6.02. The van der Waals surface area contributed by atoms with Gasteiger partial charge in [-0.05, 0) is 62.4 Å². The van der Waals surface area contributed by atoms with E-state index < -0.39 is 35.6 Å². The summed E-state index contributed by atoms with van der Waals surface area (Å²) in [5.41, 5.74) is 13.5. The van der Waals surface area contributed by atoms with Crippen LogP contribution in [0.2, 0.25) is 0 Å². The van der Waals surface area contributed by atoms with Gasteiger partial charge in [-0.3, -0.25) is 9.13 Å². The lowest BCUT2D eigenvalue weighted by molar-refractivity contribution is 0.578. The number of nitrogens with zero attached hydrogens (tertiary/aromatic N) is 12. The molecule has 0 fully saturated rings. The minimum atomic E-state index is -0.678. The van der Waals surface area contributed by atoms with Crippen molar-refractivity contribution in [2.75, 3.05) is 22.1 Å². The van der Waals surface area contributed by atoms with Crippen LogP contribution in [0.1, 0.15) is 48.7 Å². The van der Waals surface area contributed by atoms with Crippen molar-refractivity contribution in [3.05, 3.63) is 132 Å². The molecular weight excluding hydrogens is 757 g/mol. The van der Waals surface area contributed by atoms with Crippen LogP contribution in [0.25, 0.3) is 33.7 Å². The van der Waals surface area contributed by atoms with Crippen LogP contribution in [-0.2, 0) is 0 Å². The molecule has 0 saturated carbocycles. The van der Waals surface area contributed by atoms with Crippen molar-refractivity contribution in [2.45, 2.75) is 25.9 Å². The lowest BCUT2D eigenvalue weighted by Gasteiger charge is -2.17. The number of nitrogens with one attached hydrogen (secondary N) is 2. The summed E-state index contributed by atoms with van der Waals surface area (Å²) in [6.45, 7) is 3.54. The van der Waals surface area contributed by atoms with Gasteiger partial charge in [-0.25, -0.2) is 48.7 Å². The second-order valence-corrected chi connectivity index (χ2v) is 12.4. The molecule has 0 unspecified atom stereocenters. The van der Waals surface area contributed by atoms with E-state index in [1.807, 2.05) is 12.1 Å². The third kappa shape index (κ3) is 7.52. The molecule has 0 bridgehead atoms. The second kappa shape index (κ2) is 15.8. The maximum atomic E-state index is 13.9. The summed E-state index contributed by atoms with van der Waals surface area (Å²) in [7, 11) is 0. The zero-order chi connectivity index (χ0) is 41.1. The highest BCUT2D eigenvalue weighted by Crippen LogP contribution is 2.30. The highest BCUT2D eigenvalue weighted by atomic mass is 19.1. The number of rotatable bonds is 8. The molecule has 0 saturated heterocycles. The van der Waals surface area contributed by atoms with Gasteiger partial charge < -0.3 is 22.1 Å². The van der Waals surface area contributed by atoms with E-state index in [0.29, 0.717) is 33.7 Å². The first-order valence-electron chi connectivity index (χ1n) is 17.1. The quantitative estimate of drug-likeness (QED) is 0.0987. The van der Waals surface area contributed by atoms with Gasteiger partial charge in [0.25, 0.3) is 0 Å². The number of fused-ring (bicyclic) bond motifs is 2. The van der Waals surface area contributed by atoms with Crippen LogP contribution >= 0.6 is 0 Å². The monoisotopic (exact) mass is 784 g/mol. The normalized spacial score (nSPS) is 11.9. The van der Waals surface area contributed by atoms with Crippen LogP contribution in [0.5, 0.6) is 0 Å². The molecule has 16 nitrogen and oxygen atoms in total. The molecule has 2 aromatic carbocycles. The zero-order valence-electron chi connectivity index (χ0n) is 30.3. The molecule has 0 spiro atoms. The number of hydrogen-bond donors (Lipinski definition) is 4. The fourth-order valence-electron chi connectivity index (χ4n) is 6.02. The summed E-state index contributed by atoms with van der Waals surface area (Å²) >= 11 is 0. The number of halogens is 4. The van der Waals surface area contributed by atoms with E-state index in [1.54, 1.807) is 35.1 Å². The highest BCUT2D eigenvalue weighted by molar-refractivity contribution is 5.79. The predicted molar refractivity (Wildman–Crippen MR) is 204 cm³/mol. The molecule has 0 amide bonds. The SMILES string of the molecule is C[C@@H](Nc1ncnc(N)c1C#N)c1nc2ccc(F)cc2n1-c1cccc(F)n1.C[C@H](Nc1ncnc(N)c1C#N)c1nc2ccc(F)cc2n1-c1cccc(F)n1. The van der Waals surface area contributed by atoms with Crippen molar-refractivity contribution in [3.8, 4) is 23.8 Å². The van der Waals surface area contributed by atoms with Gasteiger partial charge in [-0.2, -0.15) is 19.3 Å². The average molecular weight is 785 g/mol. The first-order chi connectivity index (χ1) is 27.9. The van der Waals surface area contributed by atoms with Crippen LogP contribution < -0.4 is 22.1 Å². The Bertz CT molecular complexity index is 2720. The van der Waals surface area contributed by atoms with Gasteiger partial charge in [0.15, 0.2) is 0 Å². The Morgan fingerprint density at radius 1 is 0.586 bits per heavy atom. The van der Waals surface area contributed by atoms with Crippen molar-refractivity contribution in [1.29, 1.82) is 10.5 Å². The summed E-state index contributed by atoms with van der Waals surface area (Å²) < 4.78 is 58.4. The van der Waals surface area contributed by atoms with E-state index in [-0.39, 0.29) is 46.0 Å². The molecule has 288 valence electrons. The lowest BCUT2D eigenvalue weighted by Crippen LogP contribution is -2.16. The number of benzene rings is 2. The molecule has 2 atom stereocenters. The maximum absolute atomic E-state index is 13.9. The summed E-state index contributed by atoms with van der Waals surface area (Å²) in [4.78, 5) is 32.6. The van der Waals surface area contributed by atoms with E-state index in [2.05, 4.69) is 50.5 Å². The lowest BCUT2D eigenvalue weighted by atomic mass is 10.2. The number of hydrogen-bond acceptors (Lipinski definition) is 14. The van der Waals surface area contributed by atoms with Crippen LogP contribution in [0, 0.1) is 46.2 Å². The molecule has 0 aliphatic rings. The van der Waals surface area contributed by atoms with Crippen LogP contribution in [0.4, 0.5) is 40.8 Å². The average Bonchev–Trinajstić information content (AvgIpc) is 3.77. The van der Waals surface area contributed by atoms with E-state index in [1.165, 1.54) is 73.3 Å². The molecule has 0 aliphatic carbocycles. The molecule has 6 aromatic heterocycles. The Morgan fingerprint density at radius 2 is 1.00 bits per heavy atom. The zero-order valence-corrected chi connectivity index (χ0v) is 30.3. The van der Waals surface area contributed by atoms with Crippen molar-refractivity contribution in [1.82, 2.24) is 49.0 Å². The third-order valence-corrected chi connectivity index (χ3v) is 8.60. The van der Waals surface area contributed by atoms with E-state index in [9.17, 15) is 28.1 Å². The van der Waals surface area contributed by atoms with Gasteiger partial charge in [-0.15, -0.1) is 0 Å². The van der Waals surface area contributed by atoms with Gasteiger partial charge >= 0.3 is 0 Å². The fraction of sp³-hybridized carbons (Fsp3) is 0.105. The van der Waals surface area contributed by atoms with Crippen LogP contribution in [-0.4, -0.2) is 49.0 Å². The van der Waals surface area contributed by atoms with Crippen molar-refractivity contribution in [3.63, 3.8) is 0 Å². The van der Waals surface area contributed by atoms with Crippen molar-refractivity contribution < 1.29 is 17.6 Å². The molecule has 0 radical (unpaired) electrons. The number of anilines is 4. The summed E-state index contributed by atoms with van der Waals surface area (Å²) in [6.07, 6.45) is 2.47. The topological polar surface area (TPSA) is 237 Å². The second-order valence-electron chi connectivity index (χ2n) is 12.4. The highest BCUT2D eigenvalue weighted by Gasteiger charge is 2.23.